The quantitative estimate of drug-likeness (QED) is 0.0944. The standard InChI is InChI=1S/C91H67N3S3Si/c1-97(2)74-45-41-68(42-46-74)92(70-37-33-57-17-6-8-20-60(57)51-70)72-40-36-63-50-67(32-30-65(63)54-72)80-56-82-88(87-78-25-13-15-28-85(78)95-90(80)87)89-83(94(82)81-26-16-22-59-19-10-11-23-76(59)81)55-79(86-77-24-12-14-27-84(77)96-91(86)89)66-31-29-64-53-73(39-35-62(64)49-66)93(69-43-47-75(48-44-69)98(3,4)5)71-38-34-58-18-7-9-21-61(58)52-71/h6-56,98H,1-5H3. The molecule has 0 saturated heterocycles. The van der Waals surface area contributed by atoms with Crippen LogP contribution < -0.4 is 15.0 Å². The zero-order chi connectivity index (χ0) is 65.5. The third-order valence-electron chi connectivity index (χ3n) is 20.5. The van der Waals surface area contributed by atoms with Crippen molar-refractivity contribution in [3.63, 3.8) is 0 Å². The molecule has 0 N–H and O–H groups in total. The van der Waals surface area contributed by atoms with Crippen molar-refractivity contribution in [2.75, 3.05) is 22.3 Å². The van der Waals surface area contributed by atoms with Crippen LogP contribution in [-0.4, -0.2) is 25.2 Å². The normalized spacial score (nSPS) is 12.4. The molecule has 0 spiro atoms. The zero-order valence-corrected chi connectivity index (χ0v) is 58.7. The molecule has 0 amide bonds. The Kier molecular flexibility index (Phi) is 13.7. The number of rotatable bonds is 11. The molecule has 98 heavy (non-hydrogen) atoms. The van der Waals surface area contributed by atoms with Gasteiger partial charge in [-0.15, -0.1) is 22.7 Å². The summed E-state index contributed by atoms with van der Waals surface area (Å²) in [6, 6.07) is 117. The minimum atomic E-state index is -1.84. The molecule has 7 heteroatoms. The number of nitrogens with zero attached hydrogens (tertiary/aromatic N) is 3. The van der Waals surface area contributed by atoms with Crippen LogP contribution in [-0.2, 0) is 10.9 Å². The Morgan fingerprint density at radius 2 is 0.714 bits per heavy atom. The molecule has 3 heterocycles. The topological polar surface area (TPSA) is 11.4 Å². The fraction of sp³-hybridized carbons (Fsp3) is 0.0549. The van der Waals surface area contributed by atoms with Gasteiger partial charge in [-0.3, -0.25) is 0 Å². The molecule has 468 valence electrons. The Morgan fingerprint density at radius 1 is 0.306 bits per heavy atom. The van der Waals surface area contributed by atoms with Crippen molar-refractivity contribution in [1.82, 2.24) is 4.57 Å². The SMILES string of the molecule is C[S+](C)c1ccc(N(c2ccc3ccccc3c2)c2ccc3cc(-c4cc5c(c6c4sc4ccccc46)c4c6sc7ccccc7c6c(-c6ccc7cc(N(c8ccc([SiH-](C)(C)C)cc8)c8ccc9ccccc9c8)ccc7c6)cc4n5-c4cccc5ccccc45)ccc3c2)cc1. The molecule has 0 radical (unpaired) electrons. The van der Waals surface area contributed by atoms with Gasteiger partial charge in [-0.05, 0) is 117 Å². The van der Waals surface area contributed by atoms with E-state index in [0.717, 1.165) is 39.8 Å². The molecule has 0 aliphatic carbocycles. The Bertz CT molecular complexity index is 6460. The predicted molar refractivity (Wildman–Crippen MR) is 436 cm³/mol. The van der Waals surface area contributed by atoms with Crippen LogP contribution in [0.25, 0.3) is 144 Å². The van der Waals surface area contributed by atoms with E-state index in [2.05, 4.69) is 356 Å². The van der Waals surface area contributed by atoms with E-state index in [1.807, 2.05) is 22.7 Å². The summed E-state index contributed by atoms with van der Waals surface area (Å²) in [5.74, 6) is 0. The van der Waals surface area contributed by atoms with Crippen molar-refractivity contribution in [3.8, 4) is 27.9 Å². The molecule has 19 rings (SSSR count). The molecule has 0 atom stereocenters. The van der Waals surface area contributed by atoms with Gasteiger partial charge >= 0.3 is 191 Å². The molecule has 3 nitrogen and oxygen atoms in total. The molecular weight excluding hydrogens is 1260 g/mol. The van der Waals surface area contributed by atoms with Gasteiger partial charge < -0.3 is 9.47 Å². The van der Waals surface area contributed by atoms with Gasteiger partial charge in [0.25, 0.3) is 0 Å². The number of hydrogen-bond acceptors (Lipinski definition) is 4. The number of anilines is 6. The van der Waals surface area contributed by atoms with Gasteiger partial charge in [0, 0.05) is 90.0 Å². The van der Waals surface area contributed by atoms with Gasteiger partial charge in [0.05, 0.1) is 16.7 Å². The van der Waals surface area contributed by atoms with E-state index in [0.29, 0.717) is 0 Å². The summed E-state index contributed by atoms with van der Waals surface area (Å²) in [7, 11) is -1.68. The molecule has 0 saturated carbocycles. The first kappa shape index (κ1) is 58.6. The van der Waals surface area contributed by atoms with Crippen LogP contribution in [0.3, 0.4) is 0 Å². The average molecular weight is 1330 g/mol. The van der Waals surface area contributed by atoms with E-state index < -0.39 is 8.07 Å². The van der Waals surface area contributed by atoms with Crippen LogP contribution in [0.4, 0.5) is 34.1 Å². The van der Waals surface area contributed by atoms with Gasteiger partial charge in [-0.1, -0.05) is 121 Å². The molecule has 0 fully saturated rings. The summed E-state index contributed by atoms with van der Waals surface area (Å²) in [5.41, 5.74) is 15.2. The van der Waals surface area contributed by atoms with E-state index in [9.17, 15) is 0 Å². The van der Waals surface area contributed by atoms with Crippen molar-refractivity contribution in [2.24, 2.45) is 0 Å². The van der Waals surface area contributed by atoms with Crippen LogP contribution >= 0.6 is 22.7 Å². The molecule has 3 aromatic heterocycles. The van der Waals surface area contributed by atoms with Crippen molar-refractivity contribution in [2.45, 2.75) is 24.5 Å². The molecule has 19 aromatic rings. The monoisotopic (exact) mass is 1330 g/mol. The Morgan fingerprint density at radius 3 is 1.28 bits per heavy atom. The largest absolute Gasteiger partial charge is 0.308 e. The van der Waals surface area contributed by atoms with E-state index in [-0.39, 0.29) is 10.9 Å². The van der Waals surface area contributed by atoms with E-state index >= 15 is 0 Å². The van der Waals surface area contributed by atoms with Crippen molar-refractivity contribution < 1.29 is 0 Å². The molecule has 16 aromatic carbocycles. The van der Waals surface area contributed by atoms with Crippen LogP contribution in [0.2, 0.25) is 19.6 Å². The summed E-state index contributed by atoms with van der Waals surface area (Å²) in [5, 5.41) is 21.4. The van der Waals surface area contributed by atoms with E-state index in [4.69, 9.17) is 0 Å². The number of hydrogen-bond donors (Lipinski definition) is 0. The molecular formula is C91H67N3S3Si. The van der Waals surface area contributed by atoms with Crippen LogP contribution in [0.15, 0.2) is 314 Å². The number of aromatic nitrogens is 1. The summed E-state index contributed by atoms with van der Waals surface area (Å²) in [4.78, 5) is 6.21. The minimum absolute atomic E-state index is 0.156. The average Bonchev–Trinajstić information content (AvgIpc) is 1.52. The summed E-state index contributed by atoms with van der Waals surface area (Å²) in [6.45, 7) is 7.35. The first-order chi connectivity index (χ1) is 48.0. The minimum Gasteiger partial charge on any atom is -0.308 e. The van der Waals surface area contributed by atoms with Gasteiger partial charge in [-0.25, -0.2) is 0 Å². The number of thiophene rings is 2. The third-order valence-corrected chi connectivity index (χ3v) is 26.5. The van der Waals surface area contributed by atoms with Crippen molar-refractivity contribution in [1.29, 1.82) is 0 Å². The summed E-state index contributed by atoms with van der Waals surface area (Å²) in [6.07, 6.45) is 4.58. The van der Waals surface area contributed by atoms with Gasteiger partial charge in [-0.2, -0.15) is 0 Å². The second kappa shape index (κ2) is 22.9. The van der Waals surface area contributed by atoms with Gasteiger partial charge in [0.2, 0.25) is 0 Å². The third kappa shape index (κ3) is 9.66. The Hall–Kier alpha value is -10.8. The zero-order valence-electron chi connectivity index (χ0n) is 55.1. The van der Waals surface area contributed by atoms with Crippen LogP contribution in [0, 0.1) is 0 Å². The Labute approximate surface area is 581 Å². The molecule has 0 aliphatic heterocycles. The predicted octanol–water partition coefficient (Wildman–Crippen LogP) is 26.1. The molecule has 0 bridgehead atoms. The summed E-state index contributed by atoms with van der Waals surface area (Å²) >= 11 is 3.86. The Balaban J connectivity index is 0.818. The smallest absolute Gasteiger partial charge is 0.0562 e. The summed E-state index contributed by atoms with van der Waals surface area (Å²) < 4.78 is 7.81. The maximum Gasteiger partial charge on any atom is 0.0562 e. The maximum absolute atomic E-state index is 2.63. The van der Waals surface area contributed by atoms with E-state index in [1.54, 1.807) is 0 Å². The molecule has 0 aliphatic rings. The first-order valence-corrected chi connectivity index (χ1v) is 41.7. The molecule has 0 unspecified atom stereocenters. The number of benzene rings is 16. The second-order valence-corrected chi connectivity index (χ2v) is 37.9. The van der Waals surface area contributed by atoms with Crippen LogP contribution in [0.1, 0.15) is 0 Å². The van der Waals surface area contributed by atoms with E-state index in [1.165, 1.54) is 148 Å². The first-order valence-electron chi connectivity index (χ1n) is 34.0. The fourth-order valence-corrected chi connectivity index (χ4v) is 20.1. The maximum atomic E-state index is 2.63. The van der Waals surface area contributed by atoms with Crippen molar-refractivity contribution in [3.05, 3.63) is 309 Å². The number of fused-ring (bicyclic) bond motifs is 16. The van der Waals surface area contributed by atoms with Crippen LogP contribution in [0.5, 0.6) is 0 Å². The van der Waals surface area contributed by atoms with Gasteiger partial charge in [0.15, 0.2) is 4.90 Å². The van der Waals surface area contributed by atoms with Crippen molar-refractivity contribution >= 4 is 197 Å². The van der Waals surface area contributed by atoms with Gasteiger partial charge in [0.1, 0.15) is 12.5 Å². The fourth-order valence-electron chi connectivity index (χ4n) is 15.5. The second-order valence-electron chi connectivity index (χ2n) is 27.8.